The number of nitrogens with zero attached hydrogens (tertiary/aromatic N) is 3. The summed E-state index contributed by atoms with van der Waals surface area (Å²) in [6.07, 6.45) is 0. The minimum absolute atomic E-state index is 0. The van der Waals surface area contributed by atoms with Gasteiger partial charge in [0.15, 0.2) is 17.1 Å². The molecular formula is C36H42I3N3. The number of pyridine rings is 3. The van der Waals surface area contributed by atoms with E-state index in [1.807, 2.05) is 0 Å². The van der Waals surface area contributed by atoms with Crippen LogP contribution in [0, 0.1) is 20.8 Å². The Morgan fingerprint density at radius 2 is 0.595 bits per heavy atom. The average molecular weight is 897 g/mol. The minimum atomic E-state index is 0. The molecule has 0 bridgehead atoms. The molecule has 0 saturated heterocycles. The molecule has 0 radical (unpaired) electrons. The van der Waals surface area contributed by atoms with Gasteiger partial charge in [-0.2, -0.15) is 13.7 Å². The number of rotatable bonds is 3. The molecule has 3 heterocycles. The molecule has 6 heteroatoms. The fourth-order valence-electron chi connectivity index (χ4n) is 5.35. The van der Waals surface area contributed by atoms with E-state index in [1.54, 1.807) is 0 Å². The summed E-state index contributed by atoms with van der Waals surface area (Å²) in [7, 11) is 0. The highest BCUT2D eigenvalue weighted by Crippen LogP contribution is 2.11. The molecule has 0 aliphatic carbocycles. The average Bonchev–Trinajstić information content (AvgIpc) is 2.98. The van der Waals surface area contributed by atoms with E-state index in [-0.39, 0.29) is 71.9 Å². The van der Waals surface area contributed by atoms with Crippen LogP contribution in [0.15, 0.2) is 109 Å². The smallest absolute Gasteiger partial charge is 0.212 e. The van der Waals surface area contributed by atoms with Crippen molar-refractivity contribution in [2.45, 2.75) is 61.2 Å². The first-order valence-corrected chi connectivity index (χ1v) is 14.1. The van der Waals surface area contributed by atoms with Gasteiger partial charge in [0, 0.05) is 73.3 Å². The predicted molar refractivity (Wildman–Crippen MR) is 164 cm³/mol. The summed E-state index contributed by atoms with van der Waals surface area (Å²) in [5.74, 6) is 0. The van der Waals surface area contributed by atoms with Gasteiger partial charge in [0.25, 0.3) is 0 Å². The van der Waals surface area contributed by atoms with Crippen molar-refractivity contribution in [3.8, 4) is 0 Å². The number of fused-ring (bicyclic) bond motifs is 3. The van der Waals surface area contributed by atoms with Gasteiger partial charge in [0.1, 0.15) is 19.6 Å². The molecule has 0 amide bonds. The van der Waals surface area contributed by atoms with E-state index in [9.17, 15) is 0 Å². The van der Waals surface area contributed by atoms with Crippen molar-refractivity contribution in [1.29, 1.82) is 0 Å². The number of benzene rings is 3. The van der Waals surface area contributed by atoms with Crippen LogP contribution in [0.3, 0.4) is 0 Å². The fraction of sp³-hybridized carbons (Fsp3) is 0.250. The van der Waals surface area contributed by atoms with Crippen LogP contribution >= 0.6 is 0 Å². The molecule has 42 heavy (non-hydrogen) atoms. The summed E-state index contributed by atoms with van der Waals surface area (Å²) in [4.78, 5) is 0. The first-order chi connectivity index (χ1) is 19.0. The number of hydrogen-bond acceptors (Lipinski definition) is 0. The van der Waals surface area contributed by atoms with Crippen LogP contribution in [-0.4, -0.2) is 0 Å². The number of aryl methyl sites for hydroxylation is 6. The summed E-state index contributed by atoms with van der Waals surface area (Å²) in [5.41, 5.74) is 7.93. The molecule has 6 rings (SSSR count). The third kappa shape index (κ3) is 9.05. The zero-order chi connectivity index (χ0) is 27.8. The number of aromatic nitrogens is 3. The second kappa shape index (κ2) is 18.7. The van der Waals surface area contributed by atoms with Crippen LogP contribution < -0.4 is 85.6 Å². The summed E-state index contributed by atoms with van der Waals surface area (Å²) in [5, 5.41) is 3.94. The van der Waals surface area contributed by atoms with E-state index < -0.39 is 0 Å². The van der Waals surface area contributed by atoms with Gasteiger partial charge in [-0.3, -0.25) is 0 Å². The lowest BCUT2D eigenvalue weighted by Gasteiger charge is -2.01. The van der Waals surface area contributed by atoms with Crippen LogP contribution in [0.25, 0.3) is 32.7 Å². The van der Waals surface area contributed by atoms with Crippen LogP contribution in [0.5, 0.6) is 0 Å². The Kier molecular flexibility index (Phi) is 16.9. The van der Waals surface area contributed by atoms with Crippen molar-refractivity contribution >= 4 is 32.7 Å². The second-order valence-electron chi connectivity index (χ2n) is 9.83. The maximum atomic E-state index is 2.33. The number of para-hydroxylation sites is 3. The van der Waals surface area contributed by atoms with E-state index >= 15 is 0 Å². The number of halogens is 3. The van der Waals surface area contributed by atoms with Crippen LogP contribution in [0.4, 0.5) is 0 Å². The Hall–Kier alpha value is -1.92. The lowest BCUT2D eigenvalue weighted by atomic mass is 10.2. The molecule has 0 spiro atoms. The van der Waals surface area contributed by atoms with Gasteiger partial charge in [-0.05, 0) is 57.2 Å². The molecular weight excluding hydrogens is 855 g/mol. The molecule has 3 aromatic carbocycles. The topological polar surface area (TPSA) is 11.6 Å². The molecule has 0 atom stereocenters. The van der Waals surface area contributed by atoms with Gasteiger partial charge in [-0.25, -0.2) is 0 Å². The van der Waals surface area contributed by atoms with Gasteiger partial charge >= 0.3 is 0 Å². The monoisotopic (exact) mass is 897 g/mol. The lowest BCUT2D eigenvalue weighted by molar-refractivity contribution is -0.674. The Morgan fingerprint density at radius 1 is 0.357 bits per heavy atom. The van der Waals surface area contributed by atoms with E-state index in [0.717, 1.165) is 19.6 Å². The fourth-order valence-corrected chi connectivity index (χ4v) is 5.35. The maximum Gasteiger partial charge on any atom is 0.212 e. The first kappa shape index (κ1) is 38.1. The van der Waals surface area contributed by atoms with Crippen LogP contribution in [0.2, 0.25) is 0 Å². The lowest BCUT2D eigenvalue weighted by Crippen LogP contribution is -3.00. The van der Waals surface area contributed by atoms with E-state index in [2.05, 4.69) is 164 Å². The molecule has 0 N–H and O–H groups in total. The molecule has 0 fully saturated rings. The van der Waals surface area contributed by atoms with Crippen molar-refractivity contribution in [1.82, 2.24) is 0 Å². The van der Waals surface area contributed by atoms with E-state index in [4.69, 9.17) is 0 Å². The molecule has 0 aliphatic rings. The van der Waals surface area contributed by atoms with Crippen molar-refractivity contribution in [3.05, 3.63) is 126 Å². The first-order valence-electron chi connectivity index (χ1n) is 14.1. The van der Waals surface area contributed by atoms with E-state index in [1.165, 1.54) is 49.8 Å². The molecule has 222 valence electrons. The summed E-state index contributed by atoms with van der Waals surface area (Å²) < 4.78 is 6.99. The Morgan fingerprint density at radius 3 is 0.833 bits per heavy atom. The highest BCUT2D eigenvalue weighted by atomic mass is 127. The van der Waals surface area contributed by atoms with Gasteiger partial charge in [0.05, 0.1) is 0 Å². The highest BCUT2D eigenvalue weighted by molar-refractivity contribution is 5.76. The third-order valence-corrected chi connectivity index (χ3v) is 7.42. The zero-order valence-corrected chi connectivity index (χ0v) is 32.0. The Bertz CT molecular complexity index is 1510. The van der Waals surface area contributed by atoms with Gasteiger partial charge in [-0.1, -0.05) is 36.4 Å². The van der Waals surface area contributed by atoms with Crippen molar-refractivity contribution < 1.29 is 85.6 Å². The van der Waals surface area contributed by atoms with E-state index in [0.29, 0.717) is 0 Å². The second-order valence-corrected chi connectivity index (χ2v) is 9.83. The Labute approximate surface area is 303 Å². The zero-order valence-electron chi connectivity index (χ0n) is 25.5. The largest absolute Gasteiger partial charge is 1.00 e. The molecule has 6 aromatic rings. The van der Waals surface area contributed by atoms with Crippen molar-refractivity contribution in [2.75, 3.05) is 0 Å². The quantitative estimate of drug-likeness (QED) is 0.150. The predicted octanol–water partition coefficient (Wildman–Crippen LogP) is -1.62. The van der Waals surface area contributed by atoms with Gasteiger partial charge in [-0.15, -0.1) is 0 Å². The standard InChI is InChI=1S/3C12H14N.3HI/c3*1-3-13-10(2)8-9-11-6-4-5-7-12(11)13;;;/h3*4-9H,3H2,1-2H3;3*1H/q3*+1;;;/p-3. The molecule has 3 nitrogen and oxygen atoms in total. The van der Waals surface area contributed by atoms with Crippen molar-refractivity contribution in [3.63, 3.8) is 0 Å². The summed E-state index contributed by atoms with van der Waals surface area (Å²) in [6, 6.07) is 38.5. The summed E-state index contributed by atoms with van der Waals surface area (Å²) in [6.45, 7) is 16.1. The molecule has 0 saturated carbocycles. The maximum absolute atomic E-state index is 2.33. The highest BCUT2D eigenvalue weighted by Gasteiger charge is 2.10. The molecule has 0 aliphatic heterocycles. The van der Waals surface area contributed by atoms with Crippen LogP contribution in [0.1, 0.15) is 37.9 Å². The third-order valence-electron chi connectivity index (χ3n) is 7.42. The van der Waals surface area contributed by atoms with Crippen molar-refractivity contribution in [2.24, 2.45) is 0 Å². The van der Waals surface area contributed by atoms with Gasteiger partial charge in [0.2, 0.25) is 16.6 Å². The SMILES string of the molecule is CC[n+]1c(C)ccc2ccccc21.CC[n+]1c(C)ccc2ccccc21.CC[n+]1c(C)ccc2ccccc21.[I-].[I-].[I-]. The normalized spacial score (nSPS) is 9.86. The summed E-state index contributed by atoms with van der Waals surface area (Å²) >= 11 is 0. The number of hydrogen-bond donors (Lipinski definition) is 0. The molecule has 3 aromatic heterocycles. The minimum Gasteiger partial charge on any atom is -1.00 e. The molecule has 0 unspecified atom stereocenters. The Balaban J connectivity index is 0.000000304. The van der Waals surface area contributed by atoms with Crippen LogP contribution in [-0.2, 0) is 19.6 Å². The van der Waals surface area contributed by atoms with Gasteiger partial charge < -0.3 is 71.9 Å².